The topological polar surface area (TPSA) is 38.8 Å². The molecule has 1 aliphatic carbocycles. The summed E-state index contributed by atoms with van der Waals surface area (Å²) in [5.74, 6) is 0.928. The Balaban J connectivity index is 1.72. The van der Waals surface area contributed by atoms with Crippen LogP contribution in [0, 0.1) is 0 Å². The Kier molecular flexibility index (Phi) is 2.94. The molecule has 2 atom stereocenters. The number of hydrogen-bond donors (Lipinski definition) is 0. The van der Waals surface area contributed by atoms with E-state index in [1.807, 2.05) is 42.5 Å². The summed E-state index contributed by atoms with van der Waals surface area (Å²) in [4.78, 5) is 13.0. The standard InChI is InChI=1S/C20H20O3/c1-19(2)12-20(17(21)15-6-4-5-7-16(15)19)18(23-20)13-8-10-14(22-3)11-9-13/h4-11,18H,12H2,1-3H3/t18-,20-/m0/s1. The van der Waals surface area contributed by atoms with Crippen molar-refractivity contribution in [2.45, 2.75) is 37.4 Å². The average molecular weight is 308 g/mol. The molecule has 3 nitrogen and oxygen atoms in total. The molecule has 118 valence electrons. The Labute approximate surface area is 136 Å². The lowest BCUT2D eigenvalue weighted by Gasteiger charge is -2.35. The van der Waals surface area contributed by atoms with Gasteiger partial charge >= 0.3 is 0 Å². The van der Waals surface area contributed by atoms with Crippen LogP contribution >= 0.6 is 0 Å². The fourth-order valence-electron chi connectivity index (χ4n) is 3.93. The van der Waals surface area contributed by atoms with Gasteiger partial charge in [-0.3, -0.25) is 4.79 Å². The molecule has 0 radical (unpaired) electrons. The highest BCUT2D eigenvalue weighted by Crippen LogP contribution is 2.60. The zero-order valence-electron chi connectivity index (χ0n) is 13.6. The van der Waals surface area contributed by atoms with Crippen LogP contribution in [0.5, 0.6) is 5.75 Å². The minimum atomic E-state index is -0.702. The number of hydrogen-bond acceptors (Lipinski definition) is 3. The number of Topliss-reactive ketones (excluding diaryl/α,β-unsaturated/α-hetero) is 1. The molecule has 1 spiro atoms. The van der Waals surface area contributed by atoms with E-state index < -0.39 is 5.60 Å². The number of epoxide rings is 1. The Morgan fingerprint density at radius 1 is 1.09 bits per heavy atom. The molecule has 1 aliphatic heterocycles. The van der Waals surface area contributed by atoms with Crippen molar-refractivity contribution in [1.82, 2.24) is 0 Å². The van der Waals surface area contributed by atoms with Gasteiger partial charge in [0.1, 0.15) is 11.9 Å². The van der Waals surface area contributed by atoms with Crippen LogP contribution in [0.25, 0.3) is 0 Å². The maximum absolute atomic E-state index is 13.0. The summed E-state index contributed by atoms with van der Waals surface area (Å²) in [5.41, 5.74) is 2.19. The van der Waals surface area contributed by atoms with Gasteiger partial charge in [0.2, 0.25) is 0 Å². The molecule has 1 heterocycles. The first-order valence-electron chi connectivity index (χ1n) is 7.94. The molecule has 0 saturated carbocycles. The molecule has 0 aromatic heterocycles. The fraction of sp³-hybridized carbons (Fsp3) is 0.350. The zero-order valence-corrected chi connectivity index (χ0v) is 13.6. The quantitative estimate of drug-likeness (QED) is 0.785. The lowest BCUT2D eigenvalue weighted by molar-refractivity contribution is 0.0812. The van der Waals surface area contributed by atoms with Crippen molar-refractivity contribution in [3.05, 3.63) is 65.2 Å². The minimum Gasteiger partial charge on any atom is -0.497 e. The van der Waals surface area contributed by atoms with Gasteiger partial charge in [-0.2, -0.15) is 0 Å². The van der Waals surface area contributed by atoms with Crippen LogP contribution in [0.1, 0.15) is 47.9 Å². The summed E-state index contributed by atoms with van der Waals surface area (Å²) in [6.45, 7) is 4.37. The molecule has 23 heavy (non-hydrogen) atoms. The highest BCUT2D eigenvalue weighted by atomic mass is 16.6. The highest BCUT2D eigenvalue weighted by molar-refractivity contribution is 6.07. The van der Waals surface area contributed by atoms with E-state index in [0.717, 1.165) is 22.4 Å². The van der Waals surface area contributed by atoms with E-state index in [9.17, 15) is 4.79 Å². The van der Waals surface area contributed by atoms with Crippen LogP contribution in [0.15, 0.2) is 48.5 Å². The third kappa shape index (κ3) is 2.03. The molecule has 2 aromatic rings. The predicted molar refractivity (Wildman–Crippen MR) is 88.0 cm³/mol. The fourth-order valence-corrected chi connectivity index (χ4v) is 3.93. The van der Waals surface area contributed by atoms with Crippen LogP contribution in [-0.4, -0.2) is 18.5 Å². The maximum Gasteiger partial charge on any atom is 0.198 e. The van der Waals surface area contributed by atoms with Crippen molar-refractivity contribution in [3.63, 3.8) is 0 Å². The van der Waals surface area contributed by atoms with Crippen molar-refractivity contribution in [1.29, 1.82) is 0 Å². The van der Waals surface area contributed by atoms with Crippen molar-refractivity contribution < 1.29 is 14.3 Å². The van der Waals surface area contributed by atoms with Crippen molar-refractivity contribution in [2.24, 2.45) is 0 Å². The summed E-state index contributed by atoms with van der Waals surface area (Å²) in [6, 6.07) is 15.7. The van der Waals surface area contributed by atoms with Gasteiger partial charge in [-0.25, -0.2) is 0 Å². The number of carbonyl (C=O) groups excluding carboxylic acids is 1. The van der Waals surface area contributed by atoms with E-state index in [-0.39, 0.29) is 17.3 Å². The number of benzene rings is 2. The molecule has 0 amide bonds. The monoisotopic (exact) mass is 308 g/mol. The van der Waals surface area contributed by atoms with Gasteiger partial charge in [0.25, 0.3) is 0 Å². The summed E-state index contributed by atoms with van der Waals surface area (Å²) in [6.07, 6.45) is 0.556. The number of rotatable bonds is 2. The van der Waals surface area contributed by atoms with Gasteiger partial charge in [0.05, 0.1) is 7.11 Å². The van der Waals surface area contributed by atoms with E-state index in [2.05, 4.69) is 19.9 Å². The molecule has 0 bridgehead atoms. The molecule has 2 aromatic carbocycles. The van der Waals surface area contributed by atoms with Gasteiger partial charge in [-0.1, -0.05) is 50.2 Å². The Hall–Kier alpha value is -2.13. The number of fused-ring (bicyclic) bond motifs is 1. The van der Waals surface area contributed by atoms with Crippen molar-refractivity contribution in [2.75, 3.05) is 7.11 Å². The molecular weight excluding hydrogens is 288 g/mol. The minimum absolute atomic E-state index is 0.0777. The van der Waals surface area contributed by atoms with Crippen LogP contribution < -0.4 is 4.74 Å². The Bertz CT molecular complexity index is 776. The van der Waals surface area contributed by atoms with E-state index in [4.69, 9.17) is 9.47 Å². The van der Waals surface area contributed by atoms with Gasteiger partial charge in [0, 0.05) is 5.56 Å². The second-order valence-corrected chi connectivity index (χ2v) is 7.10. The maximum atomic E-state index is 13.0. The Morgan fingerprint density at radius 2 is 1.78 bits per heavy atom. The second-order valence-electron chi connectivity index (χ2n) is 7.10. The third-order valence-corrected chi connectivity index (χ3v) is 5.10. The Morgan fingerprint density at radius 3 is 2.48 bits per heavy atom. The summed E-state index contributed by atoms with van der Waals surface area (Å²) in [5, 5.41) is 0. The van der Waals surface area contributed by atoms with Crippen LogP contribution in [-0.2, 0) is 10.2 Å². The lowest BCUT2D eigenvalue weighted by atomic mass is 9.66. The third-order valence-electron chi connectivity index (χ3n) is 5.10. The number of ketones is 1. The first-order chi connectivity index (χ1) is 11.0. The smallest absolute Gasteiger partial charge is 0.198 e. The molecule has 1 saturated heterocycles. The van der Waals surface area contributed by atoms with E-state index in [1.54, 1.807) is 7.11 Å². The molecular formula is C20H20O3. The molecule has 2 aliphatic rings. The molecule has 4 rings (SSSR count). The molecule has 0 unspecified atom stereocenters. The summed E-state index contributed by atoms with van der Waals surface area (Å²) in [7, 11) is 1.65. The van der Waals surface area contributed by atoms with E-state index >= 15 is 0 Å². The number of carbonyl (C=O) groups is 1. The highest BCUT2D eigenvalue weighted by Gasteiger charge is 2.66. The molecule has 0 N–H and O–H groups in total. The van der Waals surface area contributed by atoms with E-state index in [0.29, 0.717) is 6.42 Å². The first kappa shape index (κ1) is 14.5. The van der Waals surface area contributed by atoms with E-state index in [1.165, 1.54) is 0 Å². The van der Waals surface area contributed by atoms with Gasteiger partial charge in [-0.05, 0) is 35.1 Å². The van der Waals surface area contributed by atoms with Gasteiger partial charge in [0.15, 0.2) is 11.4 Å². The largest absolute Gasteiger partial charge is 0.497 e. The number of ether oxygens (including phenoxy) is 2. The zero-order chi connectivity index (χ0) is 16.2. The number of methoxy groups -OCH3 is 1. The summed E-state index contributed by atoms with van der Waals surface area (Å²) < 4.78 is 11.2. The van der Waals surface area contributed by atoms with Crippen molar-refractivity contribution in [3.8, 4) is 5.75 Å². The molecule has 3 heteroatoms. The van der Waals surface area contributed by atoms with Crippen LogP contribution in [0.4, 0.5) is 0 Å². The summed E-state index contributed by atoms with van der Waals surface area (Å²) >= 11 is 0. The van der Waals surface area contributed by atoms with Gasteiger partial charge < -0.3 is 9.47 Å². The first-order valence-corrected chi connectivity index (χ1v) is 7.94. The SMILES string of the molecule is COc1ccc([C@@H]2O[C@]23CC(C)(C)c2ccccc2C3=O)cc1. The molecule has 1 fully saturated rings. The van der Waals surface area contributed by atoms with Crippen molar-refractivity contribution >= 4 is 5.78 Å². The van der Waals surface area contributed by atoms with Crippen LogP contribution in [0.2, 0.25) is 0 Å². The average Bonchev–Trinajstić information content (AvgIpc) is 3.27. The van der Waals surface area contributed by atoms with Crippen LogP contribution in [0.3, 0.4) is 0 Å². The predicted octanol–water partition coefficient (Wildman–Crippen LogP) is 4.07. The second kappa shape index (κ2) is 4.68. The normalized spacial score (nSPS) is 27.6. The lowest BCUT2D eigenvalue weighted by Crippen LogP contribution is -2.40. The van der Waals surface area contributed by atoms with Gasteiger partial charge in [-0.15, -0.1) is 0 Å².